The van der Waals surface area contributed by atoms with Crippen LogP contribution in [0.3, 0.4) is 0 Å². The first-order valence-electron chi connectivity index (χ1n) is 5.14. The van der Waals surface area contributed by atoms with Gasteiger partial charge in [0.25, 0.3) is 0 Å². The number of hydrogen-bond acceptors (Lipinski definition) is 2. The van der Waals surface area contributed by atoms with Crippen molar-refractivity contribution in [3.63, 3.8) is 0 Å². The Hall–Kier alpha value is -0.380. The first kappa shape index (κ1) is 12.7. The van der Waals surface area contributed by atoms with Crippen molar-refractivity contribution in [1.82, 2.24) is 0 Å². The Balaban J connectivity index is 2.44. The molecule has 0 radical (unpaired) electrons. The first-order valence-corrected chi connectivity index (χ1v) is 5.94. The van der Waals surface area contributed by atoms with E-state index in [1.165, 1.54) is 5.56 Å². The summed E-state index contributed by atoms with van der Waals surface area (Å²) >= 11 is 3.41. The SMILES string of the molecule is COC(C)CC(N)Cc1ccc(Br)cc1. The lowest BCUT2D eigenvalue weighted by Gasteiger charge is -2.16. The van der Waals surface area contributed by atoms with Crippen molar-refractivity contribution in [2.45, 2.75) is 31.9 Å². The second-order valence-electron chi connectivity index (χ2n) is 3.87. The Bertz CT molecular complexity index is 286. The maximum absolute atomic E-state index is 6.03. The Morgan fingerprint density at radius 2 is 1.93 bits per heavy atom. The van der Waals surface area contributed by atoms with Crippen molar-refractivity contribution in [2.24, 2.45) is 5.73 Å². The Labute approximate surface area is 99.9 Å². The van der Waals surface area contributed by atoms with Crippen molar-refractivity contribution in [1.29, 1.82) is 0 Å². The van der Waals surface area contributed by atoms with Crippen molar-refractivity contribution >= 4 is 15.9 Å². The minimum atomic E-state index is 0.168. The standard InChI is InChI=1S/C12H18BrNO/c1-9(15-2)7-12(14)8-10-3-5-11(13)6-4-10/h3-6,9,12H,7-8,14H2,1-2H3. The molecule has 0 heterocycles. The van der Waals surface area contributed by atoms with E-state index in [1.807, 2.05) is 19.1 Å². The van der Waals surface area contributed by atoms with Gasteiger partial charge in [0.2, 0.25) is 0 Å². The molecule has 0 aliphatic heterocycles. The number of methoxy groups -OCH3 is 1. The summed E-state index contributed by atoms with van der Waals surface area (Å²) in [5.41, 5.74) is 7.30. The largest absolute Gasteiger partial charge is 0.382 e. The lowest BCUT2D eigenvalue weighted by atomic mass is 10.0. The molecule has 2 unspecified atom stereocenters. The van der Waals surface area contributed by atoms with E-state index >= 15 is 0 Å². The third-order valence-corrected chi connectivity index (χ3v) is 2.98. The van der Waals surface area contributed by atoms with E-state index in [9.17, 15) is 0 Å². The van der Waals surface area contributed by atoms with Gasteiger partial charge in [-0.25, -0.2) is 0 Å². The molecule has 0 saturated heterocycles. The van der Waals surface area contributed by atoms with Crippen LogP contribution in [0, 0.1) is 0 Å². The molecule has 0 bridgehead atoms. The van der Waals surface area contributed by atoms with E-state index in [0.717, 1.165) is 17.3 Å². The van der Waals surface area contributed by atoms with Crippen LogP contribution < -0.4 is 5.73 Å². The molecule has 0 amide bonds. The number of rotatable bonds is 5. The highest BCUT2D eigenvalue weighted by atomic mass is 79.9. The van der Waals surface area contributed by atoms with Crippen LogP contribution in [0.25, 0.3) is 0 Å². The third kappa shape index (κ3) is 4.78. The molecular weight excluding hydrogens is 254 g/mol. The summed E-state index contributed by atoms with van der Waals surface area (Å²) in [5, 5.41) is 0. The fraction of sp³-hybridized carbons (Fsp3) is 0.500. The number of nitrogens with two attached hydrogens (primary N) is 1. The van der Waals surface area contributed by atoms with E-state index in [2.05, 4.69) is 28.1 Å². The molecule has 1 aromatic rings. The topological polar surface area (TPSA) is 35.2 Å². The van der Waals surface area contributed by atoms with Crippen LogP contribution in [0.2, 0.25) is 0 Å². The van der Waals surface area contributed by atoms with E-state index in [1.54, 1.807) is 7.11 Å². The van der Waals surface area contributed by atoms with Crippen molar-refractivity contribution in [2.75, 3.05) is 7.11 Å². The number of benzene rings is 1. The monoisotopic (exact) mass is 271 g/mol. The molecule has 2 N–H and O–H groups in total. The summed E-state index contributed by atoms with van der Waals surface area (Å²) < 4.78 is 6.29. The summed E-state index contributed by atoms with van der Waals surface area (Å²) in [6, 6.07) is 8.45. The van der Waals surface area contributed by atoms with Crippen LogP contribution in [-0.4, -0.2) is 19.3 Å². The maximum atomic E-state index is 6.03. The molecule has 0 spiro atoms. The van der Waals surface area contributed by atoms with E-state index < -0.39 is 0 Å². The highest BCUT2D eigenvalue weighted by Crippen LogP contribution is 2.13. The van der Waals surface area contributed by atoms with Gasteiger partial charge in [0.05, 0.1) is 6.10 Å². The Morgan fingerprint density at radius 3 is 2.47 bits per heavy atom. The van der Waals surface area contributed by atoms with Gasteiger partial charge in [-0.15, -0.1) is 0 Å². The van der Waals surface area contributed by atoms with Crippen LogP contribution in [0.4, 0.5) is 0 Å². The number of ether oxygens (including phenoxy) is 1. The summed E-state index contributed by atoms with van der Waals surface area (Å²) in [6.07, 6.45) is 2.03. The fourth-order valence-corrected chi connectivity index (χ4v) is 1.79. The minimum Gasteiger partial charge on any atom is -0.382 e. The van der Waals surface area contributed by atoms with Crippen molar-refractivity contribution in [3.8, 4) is 0 Å². The summed E-state index contributed by atoms with van der Waals surface area (Å²) in [4.78, 5) is 0. The number of halogens is 1. The molecule has 1 rings (SSSR count). The Morgan fingerprint density at radius 1 is 1.33 bits per heavy atom. The normalized spacial score (nSPS) is 14.9. The smallest absolute Gasteiger partial charge is 0.0558 e. The van der Waals surface area contributed by atoms with Crippen LogP contribution in [0.15, 0.2) is 28.7 Å². The highest BCUT2D eigenvalue weighted by molar-refractivity contribution is 9.10. The van der Waals surface area contributed by atoms with Crippen molar-refractivity contribution in [3.05, 3.63) is 34.3 Å². The third-order valence-electron chi connectivity index (χ3n) is 2.45. The molecule has 0 aliphatic carbocycles. The minimum absolute atomic E-state index is 0.168. The van der Waals surface area contributed by atoms with Gasteiger partial charge in [-0.05, 0) is 37.5 Å². The fourth-order valence-electron chi connectivity index (χ4n) is 1.53. The molecule has 0 aromatic heterocycles. The van der Waals surface area contributed by atoms with Gasteiger partial charge < -0.3 is 10.5 Å². The summed E-state index contributed by atoms with van der Waals surface area (Å²) in [6.45, 7) is 2.04. The van der Waals surface area contributed by atoms with E-state index in [4.69, 9.17) is 10.5 Å². The second-order valence-corrected chi connectivity index (χ2v) is 4.79. The molecule has 2 nitrogen and oxygen atoms in total. The summed E-state index contributed by atoms with van der Waals surface area (Å²) in [7, 11) is 1.72. The zero-order chi connectivity index (χ0) is 11.3. The van der Waals surface area contributed by atoms with Gasteiger partial charge in [0, 0.05) is 17.6 Å². The zero-order valence-electron chi connectivity index (χ0n) is 9.24. The maximum Gasteiger partial charge on any atom is 0.0558 e. The number of hydrogen-bond donors (Lipinski definition) is 1. The first-order chi connectivity index (χ1) is 7.11. The molecule has 84 valence electrons. The highest BCUT2D eigenvalue weighted by Gasteiger charge is 2.08. The molecule has 3 heteroatoms. The van der Waals surface area contributed by atoms with Gasteiger partial charge in [-0.3, -0.25) is 0 Å². The van der Waals surface area contributed by atoms with Crippen LogP contribution in [0.5, 0.6) is 0 Å². The molecule has 0 saturated carbocycles. The molecule has 15 heavy (non-hydrogen) atoms. The van der Waals surface area contributed by atoms with Crippen LogP contribution in [-0.2, 0) is 11.2 Å². The lowest BCUT2D eigenvalue weighted by Crippen LogP contribution is -2.27. The molecule has 0 aliphatic rings. The van der Waals surface area contributed by atoms with E-state index in [0.29, 0.717) is 0 Å². The van der Waals surface area contributed by atoms with E-state index in [-0.39, 0.29) is 12.1 Å². The summed E-state index contributed by atoms with van der Waals surface area (Å²) in [5.74, 6) is 0. The molecule has 1 aromatic carbocycles. The van der Waals surface area contributed by atoms with Gasteiger partial charge in [-0.1, -0.05) is 28.1 Å². The Kier molecular flexibility index (Phi) is 5.29. The van der Waals surface area contributed by atoms with Gasteiger partial charge in [-0.2, -0.15) is 0 Å². The van der Waals surface area contributed by atoms with Gasteiger partial charge in [0.1, 0.15) is 0 Å². The zero-order valence-corrected chi connectivity index (χ0v) is 10.8. The van der Waals surface area contributed by atoms with Gasteiger partial charge in [0.15, 0.2) is 0 Å². The molecular formula is C12H18BrNO. The van der Waals surface area contributed by atoms with Crippen LogP contribution >= 0.6 is 15.9 Å². The average Bonchev–Trinajstić information content (AvgIpc) is 2.21. The van der Waals surface area contributed by atoms with Gasteiger partial charge >= 0.3 is 0 Å². The molecule has 2 atom stereocenters. The lowest BCUT2D eigenvalue weighted by molar-refractivity contribution is 0.104. The van der Waals surface area contributed by atoms with Crippen molar-refractivity contribution < 1.29 is 4.74 Å². The predicted octanol–water partition coefficient (Wildman–Crippen LogP) is 2.74. The predicted molar refractivity (Wildman–Crippen MR) is 66.9 cm³/mol. The quantitative estimate of drug-likeness (QED) is 0.894. The second kappa shape index (κ2) is 6.26. The average molecular weight is 272 g/mol. The molecule has 0 fully saturated rings. The van der Waals surface area contributed by atoms with Crippen LogP contribution in [0.1, 0.15) is 18.9 Å².